The molecule has 2 aliphatic rings. The molecule has 0 aromatic carbocycles. The Morgan fingerprint density at radius 2 is 2.25 bits per heavy atom. The van der Waals surface area contributed by atoms with Gasteiger partial charge >= 0.3 is 0 Å². The Morgan fingerprint density at radius 3 is 2.75 bits per heavy atom. The van der Waals surface area contributed by atoms with E-state index in [-0.39, 0.29) is 11.4 Å². The molecule has 2 heteroatoms. The topological polar surface area (TPSA) is 29.6 Å². The van der Waals surface area contributed by atoms with Crippen molar-refractivity contribution in [2.75, 3.05) is 0 Å². The lowest BCUT2D eigenvalue weighted by Gasteiger charge is -2.22. The van der Waals surface area contributed by atoms with E-state index in [1.807, 2.05) is 0 Å². The van der Waals surface area contributed by atoms with E-state index >= 15 is 0 Å². The molecule has 2 nitrogen and oxygen atoms in total. The van der Waals surface area contributed by atoms with Crippen molar-refractivity contribution in [1.82, 2.24) is 0 Å². The highest BCUT2D eigenvalue weighted by Crippen LogP contribution is 2.40. The van der Waals surface area contributed by atoms with E-state index in [2.05, 4.69) is 26.8 Å². The number of rotatable bonds is 4. The Morgan fingerprint density at radius 1 is 1.56 bits per heavy atom. The van der Waals surface area contributed by atoms with E-state index in [4.69, 9.17) is 4.74 Å². The maximum atomic E-state index is 11.1. The van der Waals surface area contributed by atoms with Crippen LogP contribution in [0.1, 0.15) is 46.5 Å². The molecule has 1 aliphatic carbocycles. The van der Waals surface area contributed by atoms with Crippen molar-refractivity contribution < 1.29 is 9.53 Å². The summed E-state index contributed by atoms with van der Waals surface area (Å²) >= 11 is 0. The van der Waals surface area contributed by atoms with Gasteiger partial charge in [-0.3, -0.25) is 4.79 Å². The molecule has 2 rings (SSSR count). The molecule has 1 saturated heterocycles. The Balaban J connectivity index is 1.74. The molecule has 1 fully saturated rings. The molecule has 90 valence electrons. The van der Waals surface area contributed by atoms with E-state index in [1.54, 1.807) is 6.08 Å². The first kappa shape index (κ1) is 11.8. The van der Waals surface area contributed by atoms with Crippen LogP contribution in [0.2, 0.25) is 0 Å². The average molecular weight is 222 g/mol. The number of epoxide rings is 1. The molecule has 0 radical (unpaired) electrons. The SMILES string of the molecule is C[C@H](CCC1OC1(C)C)C1C=CC(=O)CC1. The Kier molecular flexibility index (Phi) is 3.20. The van der Waals surface area contributed by atoms with Crippen molar-refractivity contribution in [2.24, 2.45) is 11.8 Å². The summed E-state index contributed by atoms with van der Waals surface area (Å²) < 4.78 is 5.59. The van der Waals surface area contributed by atoms with Gasteiger partial charge in [-0.25, -0.2) is 0 Å². The molecule has 3 atom stereocenters. The molecule has 0 aromatic heterocycles. The molecule has 0 bridgehead atoms. The summed E-state index contributed by atoms with van der Waals surface area (Å²) in [6, 6.07) is 0. The minimum absolute atomic E-state index is 0.123. The second-order valence-electron chi connectivity index (χ2n) is 5.79. The first-order chi connectivity index (χ1) is 7.49. The summed E-state index contributed by atoms with van der Waals surface area (Å²) in [5.74, 6) is 1.55. The number of hydrogen-bond donors (Lipinski definition) is 0. The Labute approximate surface area is 98.1 Å². The largest absolute Gasteiger partial charge is 0.367 e. The predicted molar refractivity (Wildman–Crippen MR) is 64.2 cm³/mol. The molecule has 1 heterocycles. The average Bonchev–Trinajstić information content (AvgIpc) is 2.84. The maximum absolute atomic E-state index is 11.1. The van der Waals surface area contributed by atoms with E-state index < -0.39 is 0 Å². The highest BCUT2D eigenvalue weighted by Gasteiger charge is 2.47. The van der Waals surface area contributed by atoms with Crippen LogP contribution in [0.25, 0.3) is 0 Å². The van der Waals surface area contributed by atoms with Crippen molar-refractivity contribution in [3.63, 3.8) is 0 Å². The number of ether oxygens (including phenoxy) is 1. The van der Waals surface area contributed by atoms with Crippen LogP contribution >= 0.6 is 0 Å². The third-order valence-corrected chi connectivity index (χ3v) is 4.03. The fourth-order valence-electron chi connectivity index (χ4n) is 2.56. The highest BCUT2D eigenvalue weighted by atomic mass is 16.6. The smallest absolute Gasteiger partial charge is 0.155 e. The monoisotopic (exact) mass is 222 g/mol. The fourth-order valence-corrected chi connectivity index (χ4v) is 2.56. The van der Waals surface area contributed by atoms with E-state index in [9.17, 15) is 4.79 Å². The lowest BCUT2D eigenvalue weighted by Crippen LogP contribution is -2.16. The van der Waals surface area contributed by atoms with Crippen molar-refractivity contribution in [3.05, 3.63) is 12.2 Å². The van der Waals surface area contributed by atoms with E-state index in [0.29, 0.717) is 17.9 Å². The van der Waals surface area contributed by atoms with Gasteiger partial charge in [-0.1, -0.05) is 13.0 Å². The summed E-state index contributed by atoms with van der Waals surface area (Å²) in [5, 5.41) is 0. The van der Waals surface area contributed by atoms with Crippen molar-refractivity contribution in [1.29, 1.82) is 0 Å². The maximum Gasteiger partial charge on any atom is 0.155 e. The summed E-state index contributed by atoms with van der Waals surface area (Å²) in [6.45, 7) is 6.60. The summed E-state index contributed by atoms with van der Waals surface area (Å²) in [7, 11) is 0. The molecule has 16 heavy (non-hydrogen) atoms. The van der Waals surface area contributed by atoms with Crippen LogP contribution in [-0.2, 0) is 9.53 Å². The van der Waals surface area contributed by atoms with Gasteiger partial charge in [0.15, 0.2) is 5.78 Å². The number of carbonyl (C=O) groups is 1. The number of carbonyl (C=O) groups excluding carboxylic acids is 1. The molecule has 1 aliphatic heterocycles. The van der Waals surface area contributed by atoms with Crippen LogP contribution in [0.4, 0.5) is 0 Å². The van der Waals surface area contributed by atoms with Gasteiger partial charge in [0.25, 0.3) is 0 Å². The van der Waals surface area contributed by atoms with Gasteiger partial charge < -0.3 is 4.74 Å². The Hall–Kier alpha value is -0.630. The summed E-state index contributed by atoms with van der Waals surface area (Å²) in [4.78, 5) is 11.1. The second kappa shape index (κ2) is 4.33. The van der Waals surface area contributed by atoms with Crippen LogP contribution < -0.4 is 0 Å². The van der Waals surface area contributed by atoms with Crippen molar-refractivity contribution in [3.8, 4) is 0 Å². The van der Waals surface area contributed by atoms with Crippen LogP contribution in [0.15, 0.2) is 12.2 Å². The van der Waals surface area contributed by atoms with Gasteiger partial charge in [-0.05, 0) is 51.0 Å². The van der Waals surface area contributed by atoms with E-state index in [0.717, 1.165) is 19.3 Å². The molecular weight excluding hydrogens is 200 g/mol. The molecule has 0 spiro atoms. The first-order valence-corrected chi connectivity index (χ1v) is 6.38. The summed E-state index contributed by atoms with van der Waals surface area (Å²) in [5.41, 5.74) is 0.123. The zero-order valence-electron chi connectivity index (χ0n) is 10.5. The van der Waals surface area contributed by atoms with Gasteiger partial charge in [-0.2, -0.15) is 0 Å². The molecule has 0 saturated carbocycles. The predicted octanol–water partition coefficient (Wildman–Crippen LogP) is 3.12. The zero-order valence-corrected chi connectivity index (χ0v) is 10.5. The van der Waals surface area contributed by atoms with Crippen LogP contribution in [0.5, 0.6) is 0 Å². The third kappa shape index (κ3) is 2.73. The second-order valence-corrected chi connectivity index (χ2v) is 5.79. The number of hydrogen-bond acceptors (Lipinski definition) is 2. The Bertz CT molecular complexity index is 304. The van der Waals surface area contributed by atoms with Crippen LogP contribution in [0.3, 0.4) is 0 Å². The molecule has 2 unspecified atom stereocenters. The van der Waals surface area contributed by atoms with Crippen molar-refractivity contribution >= 4 is 5.78 Å². The number of allylic oxidation sites excluding steroid dienone is 2. The van der Waals surface area contributed by atoms with Crippen LogP contribution in [0, 0.1) is 11.8 Å². The quantitative estimate of drug-likeness (QED) is 0.684. The highest BCUT2D eigenvalue weighted by molar-refractivity contribution is 5.90. The van der Waals surface area contributed by atoms with Gasteiger partial charge in [0.05, 0.1) is 11.7 Å². The fraction of sp³-hybridized carbons (Fsp3) is 0.786. The third-order valence-electron chi connectivity index (χ3n) is 4.03. The minimum Gasteiger partial charge on any atom is -0.367 e. The van der Waals surface area contributed by atoms with Crippen molar-refractivity contribution in [2.45, 2.75) is 58.2 Å². The first-order valence-electron chi connectivity index (χ1n) is 6.38. The molecular formula is C14H22O2. The van der Waals surface area contributed by atoms with Gasteiger partial charge in [-0.15, -0.1) is 0 Å². The molecule has 0 N–H and O–H groups in total. The lowest BCUT2D eigenvalue weighted by molar-refractivity contribution is -0.115. The normalized spacial score (nSPS) is 33.8. The summed E-state index contributed by atoms with van der Waals surface area (Å²) in [6.07, 6.45) is 8.47. The number of ketones is 1. The van der Waals surface area contributed by atoms with Gasteiger partial charge in [0.1, 0.15) is 0 Å². The zero-order chi connectivity index (χ0) is 11.8. The standard InChI is InChI=1S/C14H22O2/c1-10(4-9-13-14(2,3)16-13)11-5-7-12(15)8-6-11/h5,7,10-11,13H,4,6,8-9H2,1-3H3/t10-,11?,13?/m1/s1. The lowest BCUT2D eigenvalue weighted by atomic mass is 9.82. The molecule has 0 aromatic rings. The van der Waals surface area contributed by atoms with Gasteiger partial charge in [0, 0.05) is 6.42 Å². The minimum atomic E-state index is 0.123. The molecule has 0 amide bonds. The van der Waals surface area contributed by atoms with Gasteiger partial charge in [0.2, 0.25) is 0 Å². The van der Waals surface area contributed by atoms with E-state index in [1.165, 1.54) is 6.42 Å². The van der Waals surface area contributed by atoms with Crippen LogP contribution in [-0.4, -0.2) is 17.5 Å².